The van der Waals surface area contributed by atoms with Crippen LogP contribution in [0.4, 0.5) is 0 Å². The van der Waals surface area contributed by atoms with Crippen LogP contribution in [-0.4, -0.2) is 5.78 Å². The van der Waals surface area contributed by atoms with Crippen LogP contribution in [0.15, 0.2) is 39.4 Å². The van der Waals surface area contributed by atoms with Crippen LogP contribution >= 0.6 is 15.9 Å². The molecule has 88 valence electrons. The Morgan fingerprint density at radius 3 is 2.35 bits per heavy atom. The summed E-state index contributed by atoms with van der Waals surface area (Å²) in [4.78, 5) is 11.9. The van der Waals surface area contributed by atoms with Gasteiger partial charge in [0.2, 0.25) is 5.78 Å². The number of carbonyl (C=O) groups is 1. The summed E-state index contributed by atoms with van der Waals surface area (Å²) >= 11 is 3.19. The third kappa shape index (κ3) is 3.07. The number of benzene rings is 1. The highest BCUT2D eigenvalue weighted by atomic mass is 79.9. The smallest absolute Gasteiger partial charge is 0.202 e. The van der Waals surface area contributed by atoms with Gasteiger partial charge in [0.05, 0.1) is 0 Å². The van der Waals surface area contributed by atoms with Crippen LogP contribution in [0.1, 0.15) is 27.2 Å². The molecule has 1 heterocycles. The van der Waals surface area contributed by atoms with Gasteiger partial charge in [-0.3, -0.25) is 4.79 Å². The molecule has 0 unspecified atom stereocenters. The first-order valence-electron chi connectivity index (χ1n) is 5.40. The van der Waals surface area contributed by atoms with E-state index in [-0.39, 0.29) is 5.78 Å². The van der Waals surface area contributed by atoms with E-state index in [0.717, 1.165) is 5.56 Å². The fourth-order valence-corrected chi connectivity index (χ4v) is 2.21. The highest BCUT2D eigenvalue weighted by molar-refractivity contribution is 9.10. The van der Waals surface area contributed by atoms with Crippen LogP contribution in [0, 0.1) is 13.8 Å². The summed E-state index contributed by atoms with van der Waals surface area (Å²) in [6.45, 7) is 4.06. The normalized spacial score (nSPS) is 10.5. The first-order valence-corrected chi connectivity index (χ1v) is 6.19. The van der Waals surface area contributed by atoms with E-state index in [4.69, 9.17) is 4.42 Å². The third-order valence-electron chi connectivity index (χ3n) is 2.49. The summed E-state index contributed by atoms with van der Waals surface area (Å²) in [6.07, 6.45) is 0.377. The predicted molar refractivity (Wildman–Crippen MR) is 70.4 cm³/mol. The maximum atomic E-state index is 11.9. The van der Waals surface area contributed by atoms with Crippen molar-refractivity contribution in [1.82, 2.24) is 0 Å². The standard InChI is InChI=1S/C14H13BrO2/c1-9-5-10(2)7-11(6-9)8-12(16)13-3-4-14(15)17-13/h3-7H,8H2,1-2H3. The molecule has 1 aromatic heterocycles. The van der Waals surface area contributed by atoms with Gasteiger partial charge in [0.1, 0.15) is 0 Å². The quantitative estimate of drug-likeness (QED) is 0.798. The minimum absolute atomic E-state index is 0.000648. The molecule has 2 nitrogen and oxygen atoms in total. The lowest BCUT2D eigenvalue weighted by molar-refractivity contribution is 0.0965. The molecule has 0 aliphatic rings. The van der Waals surface area contributed by atoms with Gasteiger partial charge in [0.25, 0.3) is 0 Å². The molecule has 0 N–H and O–H groups in total. The molecule has 17 heavy (non-hydrogen) atoms. The second-order valence-electron chi connectivity index (χ2n) is 4.20. The highest BCUT2D eigenvalue weighted by Gasteiger charge is 2.11. The molecule has 2 rings (SSSR count). The average Bonchev–Trinajstić information content (AvgIpc) is 2.63. The minimum Gasteiger partial charge on any atom is -0.446 e. The van der Waals surface area contributed by atoms with Crippen molar-refractivity contribution in [2.24, 2.45) is 0 Å². The minimum atomic E-state index is 0.000648. The Morgan fingerprint density at radius 1 is 1.18 bits per heavy atom. The lowest BCUT2D eigenvalue weighted by atomic mass is 10.0. The number of carbonyl (C=O) groups excluding carboxylic acids is 1. The van der Waals surface area contributed by atoms with Crippen LogP contribution in [0.2, 0.25) is 0 Å². The second-order valence-corrected chi connectivity index (χ2v) is 4.98. The average molecular weight is 293 g/mol. The van der Waals surface area contributed by atoms with Crippen molar-refractivity contribution in [3.05, 3.63) is 57.5 Å². The number of hydrogen-bond donors (Lipinski definition) is 0. The van der Waals surface area contributed by atoms with Crippen LogP contribution < -0.4 is 0 Å². The zero-order valence-electron chi connectivity index (χ0n) is 9.79. The number of rotatable bonds is 3. The molecule has 0 saturated carbocycles. The van der Waals surface area contributed by atoms with E-state index in [1.54, 1.807) is 12.1 Å². The van der Waals surface area contributed by atoms with Gasteiger partial charge in [-0.2, -0.15) is 0 Å². The van der Waals surface area contributed by atoms with E-state index in [9.17, 15) is 4.79 Å². The van der Waals surface area contributed by atoms with Crippen molar-refractivity contribution in [3.63, 3.8) is 0 Å². The molecular weight excluding hydrogens is 280 g/mol. The Morgan fingerprint density at radius 2 is 1.82 bits per heavy atom. The Labute approximate surface area is 109 Å². The molecule has 0 amide bonds. The van der Waals surface area contributed by atoms with Gasteiger partial charge in [0, 0.05) is 6.42 Å². The summed E-state index contributed by atoms with van der Waals surface area (Å²) in [5.41, 5.74) is 3.38. The van der Waals surface area contributed by atoms with E-state index < -0.39 is 0 Å². The second kappa shape index (κ2) is 4.88. The molecule has 3 heteroatoms. The predicted octanol–water partition coefficient (Wildman–Crippen LogP) is 4.08. The number of hydrogen-bond acceptors (Lipinski definition) is 2. The SMILES string of the molecule is Cc1cc(C)cc(CC(=O)c2ccc(Br)o2)c1. The number of Topliss-reactive ketones (excluding diaryl/α,β-unsaturated/α-hetero) is 1. The van der Waals surface area contributed by atoms with Crippen LogP contribution in [0.25, 0.3) is 0 Å². The molecule has 1 aromatic carbocycles. The van der Waals surface area contributed by atoms with Crippen molar-refractivity contribution < 1.29 is 9.21 Å². The van der Waals surface area contributed by atoms with Gasteiger partial charge in [0.15, 0.2) is 10.4 Å². The van der Waals surface area contributed by atoms with Crippen molar-refractivity contribution >= 4 is 21.7 Å². The van der Waals surface area contributed by atoms with Crippen molar-refractivity contribution in [2.45, 2.75) is 20.3 Å². The maximum absolute atomic E-state index is 11.9. The first kappa shape index (κ1) is 12.1. The van der Waals surface area contributed by atoms with Gasteiger partial charge >= 0.3 is 0 Å². The molecule has 0 radical (unpaired) electrons. The number of furan rings is 1. The molecule has 0 aliphatic carbocycles. The van der Waals surface area contributed by atoms with Gasteiger partial charge < -0.3 is 4.42 Å². The Kier molecular flexibility index (Phi) is 3.48. The summed E-state index contributed by atoms with van der Waals surface area (Å²) in [5, 5.41) is 0. The zero-order chi connectivity index (χ0) is 12.4. The summed E-state index contributed by atoms with van der Waals surface area (Å²) in [7, 11) is 0. The fourth-order valence-electron chi connectivity index (χ4n) is 1.91. The molecule has 0 saturated heterocycles. The van der Waals surface area contributed by atoms with Crippen LogP contribution in [-0.2, 0) is 6.42 Å². The van der Waals surface area contributed by atoms with E-state index in [1.807, 2.05) is 26.0 Å². The van der Waals surface area contributed by atoms with Crippen molar-refractivity contribution in [3.8, 4) is 0 Å². The Balaban J connectivity index is 2.18. The van der Waals surface area contributed by atoms with E-state index >= 15 is 0 Å². The Hall–Kier alpha value is -1.35. The largest absolute Gasteiger partial charge is 0.446 e. The fraction of sp³-hybridized carbons (Fsp3) is 0.214. The molecule has 0 bridgehead atoms. The monoisotopic (exact) mass is 292 g/mol. The molecule has 0 fully saturated rings. The third-order valence-corrected chi connectivity index (χ3v) is 2.92. The molecule has 2 aromatic rings. The lowest BCUT2D eigenvalue weighted by Gasteiger charge is -2.03. The van der Waals surface area contributed by atoms with Crippen molar-refractivity contribution in [1.29, 1.82) is 0 Å². The maximum Gasteiger partial charge on any atom is 0.202 e. The summed E-state index contributed by atoms with van der Waals surface area (Å²) in [6, 6.07) is 9.58. The van der Waals surface area contributed by atoms with Gasteiger partial charge in [-0.05, 0) is 47.5 Å². The molecule has 0 atom stereocenters. The highest BCUT2D eigenvalue weighted by Crippen LogP contribution is 2.17. The van der Waals surface area contributed by atoms with Gasteiger partial charge in [-0.15, -0.1) is 0 Å². The first-order chi connectivity index (χ1) is 8.04. The van der Waals surface area contributed by atoms with Gasteiger partial charge in [-0.1, -0.05) is 29.3 Å². The lowest BCUT2D eigenvalue weighted by Crippen LogP contribution is -2.02. The number of aryl methyl sites for hydroxylation is 2. The van der Waals surface area contributed by atoms with Crippen molar-refractivity contribution in [2.75, 3.05) is 0 Å². The molecule has 0 aliphatic heterocycles. The van der Waals surface area contributed by atoms with Crippen LogP contribution in [0.3, 0.4) is 0 Å². The zero-order valence-corrected chi connectivity index (χ0v) is 11.4. The summed E-state index contributed by atoms with van der Waals surface area (Å²) in [5.74, 6) is 0.400. The van der Waals surface area contributed by atoms with Gasteiger partial charge in [-0.25, -0.2) is 0 Å². The van der Waals surface area contributed by atoms with E-state index in [1.165, 1.54) is 11.1 Å². The molecular formula is C14H13BrO2. The van der Waals surface area contributed by atoms with E-state index in [0.29, 0.717) is 16.9 Å². The van der Waals surface area contributed by atoms with E-state index in [2.05, 4.69) is 22.0 Å². The Bertz CT molecular complexity index is 535. The number of ketones is 1. The molecule has 0 spiro atoms. The number of halogens is 1. The summed E-state index contributed by atoms with van der Waals surface area (Å²) < 4.78 is 5.83. The van der Waals surface area contributed by atoms with Crippen LogP contribution in [0.5, 0.6) is 0 Å². The topological polar surface area (TPSA) is 30.2 Å².